The summed E-state index contributed by atoms with van der Waals surface area (Å²) in [6.07, 6.45) is 0. The van der Waals surface area contributed by atoms with Crippen molar-refractivity contribution in [2.75, 3.05) is 21.3 Å². The number of hydrogen-bond acceptors (Lipinski definition) is 7. The lowest BCUT2D eigenvalue weighted by molar-refractivity contribution is 0.0938. The van der Waals surface area contributed by atoms with Gasteiger partial charge in [-0.15, -0.1) is 0 Å². The van der Waals surface area contributed by atoms with Crippen LogP contribution in [0.25, 0.3) is 33.5 Å². The Kier molecular flexibility index (Phi) is 4.91. The van der Waals surface area contributed by atoms with E-state index in [-0.39, 0.29) is 11.7 Å². The van der Waals surface area contributed by atoms with Crippen LogP contribution in [0.1, 0.15) is 22.0 Å². The van der Waals surface area contributed by atoms with Crippen molar-refractivity contribution in [1.82, 2.24) is 15.5 Å². The molecule has 0 radical (unpaired) electrons. The Morgan fingerprint density at radius 1 is 1.13 bits per heavy atom. The Hall–Kier alpha value is -3.81. The van der Waals surface area contributed by atoms with Gasteiger partial charge in [0.05, 0.1) is 31.2 Å². The van der Waals surface area contributed by atoms with E-state index in [2.05, 4.69) is 10.5 Å². The Morgan fingerprint density at radius 3 is 2.57 bits per heavy atom. The van der Waals surface area contributed by atoms with Crippen molar-refractivity contribution in [2.24, 2.45) is 0 Å². The van der Waals surface area contributed by atoms with Gasteiger partial charge in [-0.25, -0.2) is 4.98 Å². The first-order chi connectivity index (χ1) is 14.5. The van der Waals surface area contributed by atoms with Crippen molar-refractivity contribution in [1.29, 1.82) is 0 Å². The number of pyridine rings is 1. The molecule has 1 N–H and O–H groups in total. The second-order valence-electron chi connectivity index (χ2n) is 6.70. The van der Waals surface area contributed by atoms with Crippen LogP contribution in [0.15, 0.2) is 39.3 Å². The van der Waals surface area contributed by atoms with Crippen molar-refractivity contribution in [3.8, 4) is 34.0 Å². The van der Waals surface area contributed by atoms with Crippen LogP contribution in [0.5, 0.6) is 11.5 Å². The number of nitrogens with one attached hydrogen (secondary N) is 1. The van der Waals surface area contributed by atoms with Crippen molar-refractivity contribution in [3.63, 3.8) is 0 Å². The molecule has 0 aliphatic rings. The summed E-state index contributed by atoms with van der Waals surface area (Å²) in [5.41, 5.74) is 3.83. The molecule has 1 aromatic carbocycles. The van der Waals surface area contributed by atoms with Gasteiger partial charge in [-0.2, -0.15) is 0 Å². The number of rotatable bonds is 5. The van der Waals surface area contributed by atoms with E-state index in [9.17, 15) is 4.79 Å². The molecule has 8 heteroatoms. The second kappa shape index (κ2) is 7.55. The number of methoxy groups -OCH3 is 2. The normalized spacial score (nSPS) is 11.0. The highest BCUT2D eigenvalue weighted by atomic mass is 16.5. The first-order valence-electron chi connectivity index (χ1n) is 9.29. The molecule has 0 fully saturated rings. The first kappa shape index (κ1) is 19.5. The molecule has 0 atom stereocenters. The van der Waals surface area contributed by atoms with Crippen LogP contribution < -0.4 is 14.8 Å². The van der Waals surface area contributed by atoms with Gasteiger partial charge in [-0.05, 0) is 38.1 Å². The predicted molar refractivity (Wildman–Crippen MR) is 111 cm³/mol. The predicted octanol–water partition coefficient (Wildman–Crippen LogP) is 4.14. The van der Waals surface area contributed by atoms with Gasteiger partial charge in [0.1, 0.15) is 11.5 Å². The number of aryl methyl sites for hydroxylation is 2. The third-order valence-electron chi connectivity index (χ3n) is 4.90. The Morgan fingerprint density at radius 2 is 1.93 bits per heavy atom. The number of furan rings is 1. The van der Waals surface area contributed by atoms with Gasteiger partial charge in [-0.1, -0.05) is 11.2 Å². The smallest absolute Gasteiger partial charge is 0.286 e. The van der Waals surface area contributed by atoms with E-state index in [1.807, 2.05) is 32.0 Å². The van der Waals surface area contributed by atoms with Gasteiger partial charge in [0.25, 0.3) is 5.91 Å². The van der Waals surface area contributed by atoms with E-state index >= 15 is 0 Å². The van der Waals surface area contributed by atoms with Crippen LogP contribution in [0.3, 0.4) is 0 Å². The second-order valence-corrected chi connectivity index (χ2v) is 6.70. The fraction of sp³-hybridized carbons (Fsp3) is 0.227. The molecule has 0 aliphatic heterocycles. The maximum atomic E-state index is 12.2. The quantitative estimate of drug-likeness (QED) is 0.531. The Balaban J connectivity index is 2.07. The zero-order valence-electron chi connectivity index (χ0n) is 17.3. The number of fused-ring (bicyclic) bond motifs is 1. The fourth-order valence-corrected chi connectivity index (χ4v) is 3.52. The lowest BCUT2D eigenvalue weighted by Crippen LogP contribution is -2.16. The maximum absolute atomic E-state index is 12.2. The highest BCUT2D eigenvalue weighted by Gasteiger charge is 2.23. The summed E-state index contributed by atoms with van der Waals surface area (Å²) in [4.78, 5) is 17.0. The van der Waals surface area contributed by atoms with E-state index in [4.69, 9.17) is 23.4 Å². The molecule has 3 aromatic heterocycles. The van der Waals surface area contributed by atoms with Crippen molar-refractivity contribution in [2.45, 2.75) is 13.8 Å². The molecule has 8 nitrogen and oxygen atoms in total. The molecule has 0 saturated heterocycles. The summed E-state index contributed by atoms with van der Waals surface area (Å²) in [5, 5.41) is 7.34. The number of nitrogens with zero attached hydrogens (tertiary/aromatic N) is 2. The molecule has 3 heterocycles. The van der Waals surface area contributed by atoms with Crippen LogP contribution >= 0.6 is 0 Å². The summed E-state index contributed by atoms with van der Waals surface area (Å²) in [5.74, 6) is 1.59. The highest BCUT2D eigenvalue weighted by Crippen LogP contribution is 2.42. The number of carbonyl (C=O) groups is 1. The van der Waals surface area contributed by atoms with Crippen LogP contribution in [-0.4, -0.2) is 37.3 Å². The average Bonchev–Trinajstić information content (AvgIpc) is 3.34. The fourth-order valence-electron chi connectivity index (χ4n) is 3.52. The topological polar surface area (TPSA) is 99.6 Å². The van der Waals surface area contributed by atoms with Crippen LogP contribution in [0.4, 0.5) is 0 Å². The van der Waals surface area contributed by atoms with Gasteiger partial charge in [0.15, 0.2) is 22.8 Å². The average molecular weight is 407 g/mol. The zero-order valence-corrected chi connectivity index (χ0v) is 17.3. The minimum Gasteiger partial charge on any atom is -0.493 e. The molecule has 1 amide bonds. The van der Waals surface area contributed by atoms with Crippen LogP contribution in [0, 0.1) is 13.8 Å². The Bertz CT molecular complexity index is 1240. The van der Waals surface area contributed by atoms with Gasteiger partial charge >= 0.3 is 0 Å². The van der Waals surface area contributed by atoms with Gasteiger partial charge in [-0.3, -0.25) is 4.79 Å². The lowest BCUT2D eigenvalue weighted by atomic mass is 10.0. The van der Waals surface area contributed by atoms with Gasteiger partial charge in [0.2, 0.25) is 0 Å². The summed E-state index contributed by atoms with van der Waals surface area (Å²) < 4.78 is 22.3. The van der Waals surface area contributed by atoms with Gasteiger partial charge < -0.3 is 23.7 Å². The van der Waals surface area contributed by atoms with E-state index < -0.39 is 0 Å². The number of aromatic nitrogens is 2. The summed E-state index contributed by atoms with van der Waals surface area (Å²) >= 11 is 0. The third kappa shape index (κ3) is 3.06. The number of benzene rings is 1. The molecule has 0 saturated carbocycles. The molecule has 30 heavy (non-hydrogen) atoms. The van der Waals surface area contributed by atoms with E-state index in [1.165, 1.54) is 0 Å². The zero-order chi connectivity index (χ0) is 21.4. The molecule has 0 spiro atoms. The summed E-state index contributed by atoms with van der Waals surface area (Å²) in [6, 6.07) is 9.05. The molecular formula is C22H21N3O5. The molecular weight excluding hydrogens is 386 g/mol. The van der Waals surface area contributed by atoms with Crippen LogP contribution in [0.2, 0.25) is 0 Å². The monoisotopic (exact) mass is 407 g/mol. The van der Waals surface area contributed by atoms with Crippen molar-refractivity contribution >= 4 is 16.9 Å². The highest BCUT2D eigenvalue weighted by molar-refractivity contribution is 6.01. The SMILES string of the molecule is CNC(=O)c1cc2cc(-c3c(C)noc3C)nc(-c3cccc(OC)c3OC)c2o1. The third-order valence-corrected chi connectivity index (χ3v) is 4.90. The van der Waals surface area contributed by atoms with Crippen LogP contribution in [-0.2, 0) is 0 Å². The molecule has 4 rings (SSSR count). The maximum Gasteiger partial charge on any atom is 0.286 e. The largest absolute Gasteiger partial charge is 0.493 e. The standard InChI is InChI=1S/C22H21N3O5/c1-11-18(12(2)30-25-11)15-9-13-10-17(22(26)23-3)29-20(13)19(24-15)14-7-6-8-16(27-4)21(14)28-5/h6-10H,1-5H3,(H,23,26). The minimum absolute atomic E-state index is 0.188. The van der Waals surface area contributed by atoms with E-state index in [0.29, 0.717) is 39.8 Å². The van der Waals surface area contributed by atoms with E-state index in [1.54, 1.807) is 33.4 Å². The minimum atomic E-state index is -0.325. The molecule has 0 bridgehead atoms. The van der Waals surface area contributed by atoms with Crippen molar-refractivity contribution < 1.29 is 23.2 Å². The molecule has 0 aliphatic carbocycles. The molecule has 0 unspecified atom stereocenters. The number of ether oxygens (including phenoxy) is 2. The number of hydrogen-bond donors (Lipinski definition) is 1. The van der Waals surface area contributed by atoms with Crippen molar-refractivity contribution in [3.05, 3.63) is 47.5 Å². The lowest BCUT2D eigenvalue weighted by Gasteiger charge is -2.13. The summed E-state index contributed by atoms with van der Waals surface area (Å²) in [7, 11) is 4.69. The van der Waals surface area contributed by atoms with Gasteiger partial charge in [0, 0.05) is 18.0 Å². The number of amides is 1. The summed E-state index contributed by atoms with van der Waals surface area (Å²) in [6.45, 7) is 3.69. The molecule has 4 aromatic rings. The number of para-hydroxylation sites is 1. The number of carbonyl (C=O) groups excluding carboxylic acids is 1. The molecule has 154 valence electrons. The first-order valence-corrected chi connectivity index (χ1v) is 9.29. The van der Waals surface area contributed by atoms with E-state index in [0.717, 1.165) is 16.6 Å². The Labute approximate surface area is 172 Å².